The number of hydrogen-bond donors (Lipinski definition) is 7. The van der Waals surface area contributed by atoms with Gasteiger partial charge in [-0.1, -0.05) is 0 Å². The second kappa shape index (κ2) is 9.60. The molecule has 1 aromatic heterocycles. The lowest BCUT2D eigenvalue weighted by molar-refractivity contribution is -0.163. The van der Waals surface area contributed by atoms with Crippen LogP contribution in [0.25, 0.3) is 0 Å². The molecule has 12 heteroatoms. The third kappa shape index (κ3) is 6.50. The topological polar surface area (TPSA) is 216 Å². The highest BCUT2D eigenvalue weighted by atomic mass is 16.4. The minimum Gasteiger partial charge on any atom is -0.479 e. The van der Waals surface area contributed by atoms with Crippen LogP contribution in [0.3, 0.4) is 0 Å². The van der Waals surface area contributed by atoms with Gasteiger partial charge in [0.05, 0.1) is 0 Å². The van der Waals surface area contributed by atoms with Crippen LogP contribution in [-0.2, 0) is 16.3 Å². The summed E-state index contributed by atoms with van der Waals surface area (Å²) < 4.78 is 1.04. The molecule has 0 fully saturated rings. The number of carbonyl (C=O) groups is 2. The monoisotopic (exact) mass is 335 g/mol. The molecule has 0 aliphatic rings. The number of nitrogens with zero attached hydrogens (tertiary/aromatic N) is 2. The summed E-state index contributed by atoms with van der Waals surface area (Å²) in [4.78, 5) is 34.0. The Morgan fingerprint density at radius 1 is 1.30 bits per heavy atom. The number of hydrogen-bond acceptors (Lipinski definition) is 10. The molecule has 0 spiro atoms. The summed E-state index contributed by atoms with van der Waals surface area (Å²) in [5.41, 5.74) is 4.64. The molecule has 1 aromatic rings. The lowest BCUT2D eigenvalue weighted by Crippen LogP contribution is -2.48. The van der Waals surface area contributed by atoms with Gasteiger partial charge in [-0.25, -0.2) is 9.59 Å². The molecule has 0 aromatic carbocycles. The standard InChI is InChI=1S/C6H10O7.C5H7N3O2/c7-1-2(8)3(9)4(10)5(11)6(12)13;6-4-1-2-8(3-9)5(10)7-4/h1-5,8-11H,(H,12,13);1-2,9H,3H2,(H2,6,7,10). The molecule has 4 unspecified atom stereocenters. The molecule has 4 atom stereocenters. The number of carbonyl (C=O) groups excluding carboxylic acids is 1. The van der Waals surface area contributed by atoms with Gasteiger partial charge in [0.25, 0.3) is 0 Å². The Kier molecular flexibility index (Phi) is 8.61. The lowest BCUT2D eigenvalue weighted by atomic mass is 10.0. The number of rotatable bonds is 6. The lowest BCUT2D eigenvalue weighted by Gasteiger charge is -2.21. The highest BCUT2D eigenvalue weighted by Gasteiger charge is 2.33. The molecule has 23 heavy (non-hydrogen) atoms. The van der Waals surface area contributed by atoms with E-state index in [1.54, 1.807) is 0 Å². The zero-order valence-electron chi connectivity index (χ0n) is 11.6. The number of anilines is 1. The Balaban J connectivity index is 0.000000433. The second-order valence-electron chi connectivity index (χ2n) is 4.14. The third-order valence-electron chi connectivity index (χ3n) is 2.46. The van der Waals surface area contributed by atoms with Gasteiger partial charge in [-0.3, -0.25) is 4.57 Å². The number of aromatic nitrogens is 2. The quantitative estimate of drug-likeness (QED) is 0.246. The summed E-state index contributed by atoms with van der Waals surface area (Å²) >= 11 is 0. The van der Waals surface area contributed by atoms with E-state index in [9.17, 15) is 14.4 Å². The van der Waals surface area contributed by atoms with Crippen LogP contribution in [0.1, 0.15) is 0 Å². The number of nitrogens with two attached hydrogens (primary N) is 1. The first-order valence-electron chi connectivity index (χ1n) is 5.99. The molecule has 0 radical (unpaired) electrons. The first-order chi connectivity index (χ1) is 10.6. The number of aliphatic hydroxyl groups excluding tert-OH is 5. The van der Waals surface area contributed by atoms with E-state index in [0.29, 0.717) is 0 Å². The highest BCUT2D eigenvalue weighted by Crippen LogP contribution is 2.03. The molecule has 130 valence electrons. The Morgan fingerprint density at radius 3 is 2.26 bits per heavy atom. The average Bonchev–Trinajstić information content (AvgIpc) is 2.52. The summed E-state index contributed by atoms with van der Waals surface area (Å²) in [6.07, 6.45) is -7.01. The Morgan fingerprint density at radius 2 is 1.87 bits per heavy atom. The Bertz CT molecular complexity index is 576. The van der Waals surface area contributed by atoms with Crippen molar-refractivity contribution in [3.8, 4) is 0 Å². The van der Waals surface area contributed by atoms with Crippen molar-refractivity contribution in [3.63, 3.8) is 0 Å². The molecule has 1 heterocycles. The van der Waals surface area contributed by atoms with E-state index in [-0.39, 0.29) is 18.8 Å². The van der Waals surface area contributed by atoms with Gasteiger partial charge in [-0.15, -0.1) is 0 Å². The molecule has 1 rings (SSSR count). The van der Waals surface area contributed by atoms with E-state index in [1.165, 1.54) is 12.3 Å². The van der Waals surface area contributed by atoms with Crippen LogP contribution >= 0.6 is 0 Å². The molecular formula is C11H17N3O9. The zero-order valence-corrected chi connectivity index (χ0v) is 11.6. The van der Waals surface area contributed by atoms with Crippen molar-refractivity contribution in [1.29, 1.82) is 0 Å². The van der Waals surface area contributed by atoms with Gasteiger partial charge < -0.3 is 41.2 Å². The summed E-state index contributed by atoms with van der Waals surface area (Å²) in [7, 11) is 0. The fourth-order valence-corrected chi connectivity index (χ4v) is 1.17. The van der Waals surface area contributed by atoms with Crippen molar-refractivity contribution in [2.24, 2.45) is 0 Å². The van der Waals surface area contributed by atoms with Crippen LogP contribution in [0.15, 0.2) is 17.1 Å². The van der Waals surface area contributed by atoms with Gasteiger partial charge in [0.15, 0.2) is 12.4 Å². The Labute approximate surface area is 128 Å². The predicted molar refractivity (Wildman–Crippen MR) is 72.9 cm³/mol. The van der Waals surface area contributed by atoms with Gasteiger partial charge in [0.1, 0.15) is 30.9 Å². The van der Waals surface area contributed by atoms with Crippen LogP contribution in [0.5, 0.6) is 0 Å². The number of nitrogen functional groups attached to an aromatic ring is 1. The first-order valence-corrected chi connectivity index (χ1v) is 5.99. The molecule has 0 amide bonds. The maximum absolute atomic E-state index is 10.7. The van der Waals surface area contributed by atoms with Gasteiger partial charge in [-0.2, -0.15) is 4.98 Å². The van der Waals surface area contributed by atoms with Gasteiger partial charge in [0, 0.05) is 6.20 Å². The normalized spacial score (nSPS) is 15.5. The molecule has 12 nitrogen and oxygen atoms in total. The largest absolute Gasteiger partial charge is 0.479 e. The fourth-order valence-electron chi connectivity index (χ4n) is 1.17. The maximum atomic E-state index is 10.7. The molecular weight excluding hydrogens is 318 g/mol. The van der Waals surface area contributed by atoms with Crippen LogP contribution in [-0.4, -0.2) is 76.9 Å². The summed E-state index contributed by atoms with van der Waals surface area (Å²) in [5, 5.41) is 51.7. The molecule has 0 aliphatic carbocycles. The van der Waals surface area contributed by atoms with E-state index >= 15 is 0 Å². The molecule has 0 saturated carbocycles. The van der Waals surface area contributed by atoms with E-state index < -0.39 is 36.1 Å². The van der Waals surface area contributed by atoms with Crippen LogP contribution < -0.4 is 11.4 Å². The smallest absolute Gasteiger partial charge is 0.351 e. The zero-order chi connectivity index (χ0) is 18.2. The number of carboxylic acids is 1. The summed E-state index contributed by atoms with van der Waals surface area (Å²) in [6, 6.07) is 1.44. The molecule has 0 saturated heterocycles. The number of carboxylic acid groups (broad SMARTS) is 1. The predicted octanol–water partition coefficient (Wildman–Crippen LogP) is -4.51. The van der Waals surface area contributed by atoms with Crippen LogP contribution in [0.2, 0.25) is 0 Å². The maximum Gasteiger partial charge on any atom is 0.351 e. The molecule has 0 aliphatic heterocycles. The minimum atomic E-state index is -2.25. The van der Waals surface area contributed by atoms with Crippen molar-refractivity contribution in [1.82, 2.24) is 9.55 Å². The minimum absolute atomic E-state index is 0.0809. The van der Waals surface area contributed by atoms with E-state index in [2.05, 4.69) is 4.98 Å². The molecule has 8 N–H and O–H groups in total. The van der Waals surface area contributed by atoms with Gasteiger partial charge in [-0.05, 0) is 6.07 Å². The third-order valence-corrected chi connectivity index (χ3v) is 2.46. The summed E-state index contributed by atoms with van der Waals surface area (Å²) in [6.45, 7) is -0.369. The van der Waals surface area contributed by atoms with Crippen molar-refractivity contribution >= 4 is 18.1 Å². The van der Waals surface area contributed by atoms with E-state index in [1.807, 2.05) is 0 Å². The molecule has 0 bridgehead atoms. The van der Waals surface area contributed by atoms with Crippen molar-refractivity contribution in [2.45, 2.75) is 31.1 Å². The first kappa shape index (κ1) is 20.6. The highest BCUT2D eigenvalue weighted by molar-refractivity contribution is 5.73. The number of aliphatic carboxylic acids is 1. The fraction of sp³-hybridized carbons (Fsp3) is 0.455. The summed E-state index contributed by atoms with van der Waals surface area (Å²) in [5.74, 6) is -1.60. The van der Waals surface area contributed by atoms with Crippen LogP contribution in [0, 0.1) is 0 Å². The van der Waals surface area contributed by atoms with Gasteiger partial charge in [0.2, 0.25) is 0 Å². The van der Waals surface area contributed by atoms with Crippen molar-refractivity contribution < 1.29 is 40.2 Å². The SMILES string of the molecule is Nc1ccn(CO)c(=O)n1.O=CC(O)C(O)C(O)C(O)C(=O)O. The van der Waals surface area contributed by atoms with Crippen LogP contribution in [0.4, 0.5) is 5.82 Å². The Hall–Kier alpha value is -2.38. The van der Waals surface area contributed by atoms with E-state index in [0.717, 1.165) is 4.57 Å². The van der Waals surface area contributed by atoms with E-state index in [4.69, 9.17) is 36.4 Å². The van der Waals surface area contributed by atoms with Crippen molar-refractivity contribution in [2.75, 3.05) is 5.73 Å². The van der Waals surface area contributed by atoms with Gasteiger partial charge >= 0.3 is 11.7 Å². The number of aliphatic hydroxyl groups is 5. The average molecular weight is 335 g/mol. The second-order valence-corrected chi connectivity index (χ2v) is 4.14. The van der Waals surface area contributed by atoms with Crippen molar-refractivity contribution in [3.05, 3.63) is 22.7 Å². The number of aldehydes is 1.